The van der Waals surface area contributed by atoms with E-state index < -0.39 is 0 Å². The third kappa shape index (κ3) is 3.92. The molecule has 112 valence electrons. The van der Waals surface area contributed by atoms with Gasteiger partial charge in [0.1, 0.15) is 18.2 Å². The molecule has 21 heavy (non-hydrogen) atoms. The number of hydrogen-bond acceptors (Lipinski definition) is 5. The lowest BCUT2D eigenvalue weighted by Crippen LogP contribution is -2.19. The van der Waals surface area contributed by atoms with Gasteiger partial charge in [0.25, 0.3) is 0 Å². The highest BCUT2D eigenvalue weighted by molar-refractivity contribution is 5.62. The van der Waals surface area contributed by atoms with E-state index in [1.54, 1.807) is 6.07 Å². The van der Waals surface area contributed by atoms with Crippen molar-refractivity contribution in [3.63, 3.8) is 0 Å². The summed E-state index contributed by atoms with van der Waals surface area (Å²) in [6, 6.07) is 10.1. The van der Waals surface area contributed by atoms with Gasteiger partial charge in [0.15, 0.2) is 5.82 Å². The largest absolute Gasteiger partial charge is 0.384 e. The molecule has 5 heteroatoms. The topological polar surface area (TPSA) is 64.3 Å². The van der Waals surface area contributed by atoms with Crippen LogP contribution < -0.4 is 10.6 Å². The van der Waals surface area contributed by atoms with E-state index >= 15 is 0 Å². The van der Waals surface area contributed by atoms with Crippen molar-refractivity contribution in [1.82, 2.24) is 9.97 Å². The molecule has 0 atom stereocenters. The van der Waals surface area contributed by atoms with Crippen LogP contribution >= 0.6 is 0 Å². The van der Waals surface area contributed by atoms with E-state index in [-0.39, 0.29) is 0 Å². The second-order valence-electron chi connectivity index (χ2n) is 4.79. The fourth-order valence-electron chi connectivity index (χ4n) is 2.17. The van der Waals surface area contributed by atoms with Crippen LogP contribution in [0.3, 0.4) is 0 Å². The molecule has 0 fully saturated rings. The monoisotopic (exact) mass is 286 g/mol. The van der Waals surface area contributed by atoms with E-state index in [9.17, 15) is 0 Å². The first-order valence-electron chi connectivity index (χ1n) is 7.19. The summed E-state index contributed by atoms with van der Waals surface area (Å²) in [5, 5.41) is 0. The van der Waals surface area contributed by atoms with Crippen molar-refractivity contribution in [3.8, 4) is 0 Å². The second-order valence-corrected chi connectivity index (χ2v) is 4.79. The van der Waals surface area contributed by atoms with Gasteiger partial charge in [-0.1, -0.05) is 12.1 Å². The van der Waals surface area contributed by atoms with E-state index in [1.807, 2.05) is 13.0 Å². The van der Waals surface area contributed by atoms with Crippen molar-refractivity contribution in [2.24, 2.45) is 0 Å². The molecule has 0 bridgehead atoms. The predicted molar refractivity (Wildman–Crippen MR) is 85.6 cm³/mol. The summed E-state index contributed by atoms with van der Waals surface area (Å²) in [5.41, 5.74) is 8.20. The van der Waals surface area contributed by atoms with Crippen LogP contribution in [0.4, 0.5) is 17.3 Å². The van der Waals surface area contributed by atoms with E-state index in [1.165, 1.54) is 5.56 Å². The van der Waals surface area contributed by atoms with Gasteiger partial charge in [0, 0.05) is 24.9 Å². The van der Waals surface area contributed by atoms with Gasteiger partial charge in [-0.05, 0) is 38.5 Å². The zero-order valence-corrected chi connectivity index (χ0v) is 12.8. The van der Waals surface area contributed by atoms with E-state index in [0.717, 1.165) is 18.1 Å². The molecular weight excluding hydrogens is 264 g/mol. The van der Waals surface area contributed by atoms with Crippen molar-refractivity contribution in [1.29, 1.82) is 0 Å². The molecule has 0 spiro atoms. The van der Waals surface area contributed by atoms with Crippen LogP contribution in [0.1, 0.15) is 25.2 Å². The van der Waals surface area contributed by atoms with Crippen molar-refractivity contribution in [3.05, 3.63) is 41.7 Å². The Balaban J connectivity index is 2.35. The minimum absolute atomic E-state index is 0.375. The summed E-state index contributed by atoms with van der Waals surface area (Å²) in [7, 11) is 0. The third-order valence-corrected chi connectivity index (χ3v) is 3.12. The maximum atomic E-state index is 5.90. The minimum atomic E-state index is 0.375. The Kier molecular flexibility index (Phi) is 5.11. The fraction of sp³-hybridized carbons (Fsp3) is 0.375. The molecule has 1 aromatic carbocycles. The number of aromatic nitrogens is 2. The Morgan fingerprint density at radius 2 is 2.00 bits per heavy atom. The SMILES string of the molecule is CCOCc1nc(N)cc(N(CC)c2cccc(C)c2)n1. The van der Waals surface area contributed by atoms with Crippen LogP contribution in [-0.2, 0) is 11.3 Å². The lowest BCUT2D eigenvalue weighted by atomic mass is 10.2. The van der Waals surface area contributed by atoms with Crippen molar-refractivity contribution < 1.29 is 4.74 Å². The van der Waals surface area contributed by atoms with E-state index in [4.69, 9.17) is 10.5 Å². The predicted octanol–water partition coefficient (Wildman–Crippen LogP) is 3.06. The molecule has 0 saturated carbocycles. The van der Waals surface area contributed by atoms with Crippen molar-refractivity contribution in [2.75, 3.05) is 23.8 Å². The molecule has 0 aliphatic rings. The summed E-state index contributed by atoms with van der Waals surface area (Å²) in [6.07, 6.45) is 0. The number of nitrogens with two attached hydrogens (primary N) is 1. The zero-order valence-electron chi connectivity index (χ0n) is 12.8. The van der Waals surface area contributed by atoms with Crippen molar-refractivity contribution >= 4 is 17.3 Å². The molecule has 5 nitrogen and oxygen atoms in total. The second kappa shape index (κ2) is 7.04. The quantitative estimate of drug-likeness (QED) is 0.884. The molecule has 0 radical (unpaired) electrons. The first kappa shape index (κ1) is 15.3. The molecule has 0 aliphatic carbocycles. The average Bonchev–Trinajstić information content (AvgIpc) is 2.45. The van der Waals surface area contributed by atoms with Crippen LogP contribution in [0.25, 0.3) is 0 Å². The number of aryl methyl sites for hydroxylation is 1. The lowest BCUT2D eigenvalue weighted by Gasteiger charge is -2.23. The van der Waals surface area contributed by atoms with Gasteiger partial charge >= 0.3 is 0 Å². The highest BCUT2D eigenvalue weighted by Crippen LogP contribution is 2.25. The summed E-state index contributed by atoms with van der Waals surface area (Å²) in [4.78, 5) is 10.9. The molecular formula is C16H22N4O. The van der Waals surface area contributed by atoms with Gasteiger partial charge in [-0.25, -0.2) is 9.97 Å². The summed E-state index contributed by atoms with van der Waals surface area (Å²) >= 11 is 0. The van der Waals surface area contributed by atoms with Gasteiger partial charge in [-0.2, -0.15) is 0 Å². The fourth-order valence-corrected chi connectivity index (χ4v) is 2.17. The smallest absolute Gasteiger partial charge is 0.158 e. The highest BCUT2D eigenvalue weighted by atomic mass is 16.5. The molecule has 0 saturated heterocycles. The Bertz CT molecular complexity index is 601. The molecule has 0 amide bonds. The molecule has 1 aromatic heterocycles. The number of rotatable bonds is 6. The Morgan fingerprint density at radius 1 is 1.19 bits per heavy atom. The molecule has 2 aromatic rings. The normalized spacial score (nSPS) is 10.6. The van der Waals surface area contributed by atoms with Gasteiger partial charge < -0.3 is 15.4 Å². The molecule has 1 heterocycles. The minimum Gasteiger partial charge on any atom is -0.384 e. The number of nitrogen functional groups attached to an aromatic ring is 1. The zero-order chi connectivity index (χ0) is 15.2. The summed E-state index contributed by atoms with van der Waals surface area (Å²) in [5.74, 6) is 1.86. The van der Waals surface area contributed by atoms with Crippen molar-refractivity contribution in [2.45, 2.75) is 27.4 Å². The number of benzene rings is 1. The van der Waals surface area contributed by atoms with Gasteiger partial charge in [0.05, 0.1) is 0 Å². The van der Waals surface area contributed by atoms with E-state index in [0.29, 0.717) is 24.9 Å². The highest BCUT2D eigenvalue weighted by Gasteiger charge is 2.11. The summed E-state index contributed by atoms with van der Waals surface area (Å²) in [6.45, 7) is 7.91. The molecule has 2 rings (SSSR count). The van der Waals surface area contributed by atoms with Gasteiger partial charge in [-0.15, -0.1) is 0 Å². The van der Waals surface area contributed by atoms with Gasteiger partial charge in [-0.3, -0.25) is 0 Å². The average molecular weight is 286 g/mol. The maximum Gasteiger partial charge on any atom is 0.158 e. The van der Waals surface area contributed by atoms with E-state index in [2.05, 4.69) is 46.9 Å². The first-order valence-corrected chi connectivity index (χ1v) is 7.19. The number of nitrogens with zero attached hydrogens (tertiary/aromatic N) is 3. The standard InChI is InChI=1S/C16H22N4O/c1-4-20(13-8-6-7-12(3)9-13)16-10-14(17)18-15(19-16)11-21-5-2/h6-10H,4-5,11H2,1-3H3,(H2,17,18,19). The summed E-state index contributed by atoms with van der Waals surface area (Å²) < 4.78 is 5.37. The lowest BCUT2D eigenvalue weighted by molar-refractivity contribution is 0.128. The Hall–Kier alpha value is -2.14. The van der Waals surface area contributed by atoms with Crippen LogP contribution in [0.2, 0.25) is 0 Å². The van der Waals surface area contributed by atoms with Crippen LogP contribution in [-0.4, -0.2) is 23.1 Å². The molecule has 0 aliphatic heterocycles. The Morgan fingerprint density at radius 3 is 2.67 bits per heavy atom. The van der Waals surface area contributed by atoms with Crippen LogP contribution in [0.15, 0.2) is 30.3 Å². The van der Waals surface area contributed by atoms with Crippen LogP contribution in [0.5, 0.6) is 0 Å². The maximum absolute atomic E-state index is 5.90. The third-order valence-electron chi connectivity index (χ3n) is 3.12. The number of ether oxygens (including phenoxy) is 1. The molecule has 2 N–H and O–H groups in total. The Labute approximate surface area is 125 Å². The number of anilines is 3. The van der Waals surface area contributed by atoms with Crippen LogP contribution in [0, 0.1) is 6.92 Å². The van der Waals surface area contributed by atoms with Gasteiger partial charge in [0.2, 0.25) is 0 Å². The molecule has 0 unspecified atom stereocenters. The first-order chi connectivity index (χ1) is 10.1. The number of hydrogen-bond donors (Lipinski definition) is 1.